The van der Waals surface area contributed by atoms with E-state index in [1.807, 2.05) is 54.6 Å². The predicted molar refractivity (Wildman–Crippen MR) is 145 cm³/mol. The lowest BCUT2D eigenvalue weighted by atomic mass is 10.1. The van der Waals surface area contributed by atoms with Crippen LogP contribution in [0.1, 0.15) is 12.5 Å². The molecule has 38 heavy (non-hydrogen) atoms. The summed E-state index contributed by atoms with van der Waals surface area (Å²) in [5, 5.41) is 6.14. The Kier molecular flexibility index (Phi) is 8.55. The van der Waals surface area contributed by atoms with Crippen LogP contribution in [0, 0.1) is 0 Å². The van der Waals surface area contributed by atoms with Gasteiger partial charge in [-0.2, -0.15) is 0 Å². The van der Waals surface area contributed by atoms with Crippen LogP contribution in [0.5, 0.6) is 11.5 Å². The third-order valence-electron chi connectivity index (χ3n) is 5.58. The zero-order valence-electron chi connectivity index (χ0n) is 21.1. The lowest BCUT2D eigenvalue weighted by molar-refractivity contribution is -0.145. The summed E-state index contributed by atoms with van der Waals surface area (Å²) in [5.41, 5.74) is 2.77. The van der Waals surface area contributed by atoms with Crippen molar-refractivity contribution in [3.8, 4) is 22.1 Å². The van der Waals surface area contributed by atoms with Gasteiger partial charge in [-0.3, -0.25) is 9.59 Å². The van der Waals surface area contributed by atoms with Crippen molar-refractivity contribution in [1.82, 2.24) is 10.3 Å². The third kappa shape index (κ3) is 6.46. The third-order valence-corrected chi connectivity index (χ3v) is 6.66. The molecule has 0 bridgehead atoms. The first-order valence-corrected chi connectivity index (χ1v) is 12.6. The summed E-state index contributed by atoms with van der Waals surface area (Å²) in [6.07, 6.45) is 0.260. The number of ether oxygens (including phenoxy) is 3. The number of aromatic nitrogens is 1. The summed E-state index contributed by atoms with van der Waals surface area (Å²) in [4.78, 5) is 41.7. The Balaban J connectivity index is 1.55. The first-order valence-electron chi connectivity index (χ1n) is 11.8. The molecule has 0 saturated heterocycles. The van der Waals surface area contributed by atoms with Gasteiger partial charge in [0.05, 0.1) is 30.1 Å². The van der Waals surface area contributed by atoms with E-state index in [2.05, 4.69) is 15.6 Å². The number of nitrogens with zero attached hydrogens (tertiary/aromatic N) is 1. The van der Waals surface area contributed by atoms with Gasteiger partial charge >= 0.3 is 5.97 Å². The van der Waals surface area contributed by atoms with Crippen molar-refractivity contribution >= 4 is 45.0 Å². The van der Waals surface area contributed by atoms with Crippen molar-refractivity contribution in [3.63, 3.8) is 0 Å². The van der Waals surface area contributed by atoms with E-state index in [0.29, 0.717) is 11.4 Å². The molecule has 1 heterocycles. The van der Waals surface area contributed by atoms with Crippen LogP contribution in [0.15, 0.2) is 66.7 Å². The summed E-state index contributed by atoms with van der Waals surface area (Å²) < 4.78 is 17.2. The highest BCUT2D eigenvalue weighted by Crippen LogP contribution is 2.41. The van der Waals surface area contributed by atoms with E-state index in [9.17, 15) is 14.4 Å². The number of methoxy groups -OCH3 is 2. The zero-order chi connectivity index (χ0) is 27.1. The van der Waals surface area contributed by atoms with Crippen molar-refractivity contribution in [2.75, 3.05) is 26.1 Å². The number of nitrogens with one attached hydrogen (secondary N) is 2. The molecule has 3 aromatic carbocycles. The van der Waals surface area contributed by atoms with E-state index in [1.165, 1.54) is 32.5 Å². The quantitative estimate of drug-likeness (QED) is 0.293. The first-order chi connectivity index (χ1) is 18.4. The standard InChI is InChI=1S/C28H27N3O6S/c1-17(32)29-21-14-19(27-31-20-11-7-8-12-24(20)38-27)15-23(35-2)26(21)37-16-25(33)30-22(28(34)36-3)13-18-9-5-4-6-10-18/h4-12,14-15,22H,13,16H2,1-3H3,(H,29,32)(H,30,33)/t22-/m0/s1. The summed E-state index contributed by atoms with van der Waals surface area (Å²) in [5.74, 6) is -0.940. The van der Waals surface area contributed by atoms with Gasteiger partial charge in [-0.1, -0.05) is 42.5 Å². The SMILES string of the molecule is COC(=O)[C@H](Cc1ccccc1)NC(=O)COc1c(NC(C)=O)cc(-c2nc3ccccc3s2)cc1OC. The smallest absolute Gasteiger partial charge is 0.328 e. The maximum absolute atomic E-state index is 12.8. The van der Waals surface area contributed by atoms with Gasteiger partial charge in [0.15, 0.2) is 18.1 Å². The van der Waals surface area contributed by atoms with Crippen molar-refractivity contribution in [2.24, 2.45) is 0 Å². The monoisotopic (exact) mass is 533 g/mol. The van der Waals surface area contributed by atoms with E-state index < -0.39 is 24.5 Å². The van der Waals surface area contributed by atoms with Crippen LogP contribution in [0.4, 0.5) is 5.69 Å². The van der Waals surface area contributed by atoms with Gasteiger partial charge in [0.25, 0.3) is 5.91 Å². The molecule has 9 nitrogen and oxygen atoms in total. The second kappa shape index (κ2) is 12.2. The van der Waals surface area contributed by atoms with Gasteiger partial charge < -0.3 is 24.8 Å². The number of amides is 2. The average Bonchev–Trinajstić information content (AvgIpc) is 3.36. The molecule has 0 unspecified atom stereocenters. The molecule has 0 saturated carbocycles. The van der Waals surface area contributed by atoms with Crippen LogP contribution in [-0.4, -0.2) is 49.6 Å². The number of hydrogen-bond donors (Lipinski definition) is 2. The molecule has 4 aromatic rings. The molecule has 0 aliphatic heterocycles. The van der Waals surface area contributed by atoms with Crippen LogP contribution in [-0.2, 0) is 25.5 Å². The van der Waals surface area contributed by atoms with Gasteiger partial charge in [0.2, 0.25) is 5.91 Å². The normalized spacial score (nSPS) is 11.4. The first kappa shape index (κ1) is 26.6. The summed E-state index contributed by atoms with van der Waals surface area (Å²) in [6, 6.07) is 19.6. The Labute approximate surface area is 223 Å². The van der Waals surface area contributed by atoms with Crippen LogP contribution in [0.3, 0.4) is 0 Å². The molecule has 1 atom stereocenters. The number of thiazole rings is 1. The van der Waals surface area contributed by atoms with E-state index >= 15 is 0 Å². The summed E-state index contributed by atoms with van der Waals surface area (Å²) >= 11 is 1.51. The lowest BCUT2D eigenvalue weighted by Gasteiger charge is -2.19. The fourth-order valence-corrected chi connectivity index (χ4v) is 4.82. The highest BCUT2D eigenvalue weighted by atomic mass is 32.1. The topological polar surface area (TPSA) is 116 Å². The molecule has 0 aliphatic carbocycles. The van der Waals surface area contributed by atoms with Crippen molar-refractivity contribution in [1.29, 1.82) is 0 Å². The molecule has 0 fully saturated rings. The van der Waals surface area contributed by atoms with Gasteiger partial charge in [-0.15, -0.1) is 11.3 Å². The maximum Gasteiger partial charge on any atom is 0.328 e. The number of fused-ring (bicyclic) bond motifs is 1. The molecule has 4 rings (SSSR count). The van der Waals surface area contributed by atoms with Gasteiger partial charge in [-0.05, 0) is 29.8 Å². The van der Waals surface area contributed by atoms with E-state index in [4.69, 9.17) is 14.2 Å². The zero-order valence-corrected chi connectivity index (χ0v) is 22.0. The van der Waals surface area contributed by atoms with E-state index in [1.54, 1.807) is 12.1 Å². The number of hydrogen-bond acceptors (Lipinski definition) is 8. The minimum Gasteiger partial charge on any atom is -0.493 e. The largest absolute Gasteiger partial charge is 0.493 e. The van der Waals surface area contributed by atoms with E-state index in [0.717, 1.165) is 26.4 Å². The van der Waals surface area contributed by atoms with Crippen molar-refractivity contribution in [3.05, 3.63) is 72.3 Å². The number of rotatable bonds is 10. The predicted octanol–water partition coefficient (Wildman–Crippen LogP) is 4.21. The molecule has 1 aromatic heterocycles. The molecular weight excluding hydrogens is 506 g/mol. The Morgan fingerprint density at radius 1 is 1.00 bits per heavy atom. The van der Waals surface area contributed by atoms with Gasteiger partial charge in [0.1, 0.15) is 11.0 Å². The average molecular weight is 534 g/mol. The summed E-state index contributed by atoms with van der Waals surface area (Å²) in [7, 11) is 2.73. The number of anilines is 1. The second-order valence-electron chi connectivity index (χ2n) is 8.34. The number of esters is 1. The van der Waals surface area contributed by atoms with E-state index in [-0.39, 0.29) is 18.1 Å². The molecule has 196 valence electrons. The van der Waals surface area contributed by atoms with Crippen LogP contribution < -0.4 is 20.1 Å². The molecular formula is C28H27N3O6S. The minimum atomic E-state index is -0.892. The fraction of sp³-hybridized carbons (Fsp3) is 0.214. The number of carbonyl (C=O) groups is 3. The lowest BCUT2D eigenvalue weighted by Crippen LogP contribution is -2.45. The second-order valence-corrected chi connectivity index (χ2v) is 9.38. The minimum absolute atomic E-state index is 0.181. The van der Waals surface area contributed by atoms with Crippen molar-refractivity contribution < 1.29 is 28.6 Å². The Morgan fingerprint density at radius 3 is 2.42 bits per heavy atom. The Morgan fingerprint density at radius 2 is 1.74 bits per heavy atom. The number of carbonyl (C=O) groups excluding carboxylic acids is 3. The Hall–Kier alpha value is -4.44. The molecule has 2 N–H and O–H groups in total. The highest BCUT2D eigenvalue weighted by Gasteiger charge is 2.23. The molecule has 0 radical (unpaired) electrons. The van der Waals surface area contributed by atoms with Gasteiger partial charge in [-0.25, -0.2) is 9.78 Å². The molecule has 0 spiro atoms. The van der Waals surface area contributed by atoms with Crippen molar-refractivity contribution in [2.45, 2.75) is 19.4 Å². The number of benzene rings is 3. The van der Waals surface area contributed by atoms with Crippen LogP contribution >= 0.6 is 11.3 Å². The Bertz CT molecular complexity index is 1420. The molecule has 2 amide bonds. The fourth-order valence-electron chi connectivity index (χ4n) is 3.86. The summed E-state index contributed by atoms with van der Waals surface area (Å²) in [6.45, 7) is 0.948. The maximum atomic E-state index is 12.8. The van der Waals surface area contributed by atoms with Gasteiger partial charge in [0, 0.05) is 18.9 Å². The van der Waals surface area contributed by atoms with Crippen LogP contribution in [0.25, 0.3) is 20.8 Å². The van der Waals surface area contributed by atoms with Crippen LogP contribution in [0.2, 0.25) is 0 Å². The molecule has 10 heteroatoms. The molecule has 0 aliphatic rings. The highest BCUT2D eigenvalue weighted by molar-refractivity contribution is 7.21. The number of para-hydroxylation sites is 1.